The van der Waals surface area contributed by atoms with Crippen LogP contribution in [0.25, 0.3) is 21.2 Å². The fourth-order valence-corrected chi connectivity index (χ4v) is 3.43. The number of ether oxygens (including phenoxy) is 1. The van der Waals surface area contributed by atoms with Gasteiger partial charge >= 0.3 is 0 Å². The van der Waals surface area contributed by atoms with E-state index in [9.17, 15) is 4.79 Å². The van der Waals surface area contributed by atoms with Gasteiger partial charge in [0.15, 0.2) is 0 Å². The van der Waals surface area contributed by atoms with Crippen LogP contribution in [0, 0.1) is 5.92 Å². The molecule has 0 unspecified atom stereocenters. The average Bonchev–Trinajstić information content (AvgIpc) is 3.41. The van der Waals surface area contributed by atoms with E-state index in [1.165, 1.54) is 0 Å². The molecule has 1 amide bonds. The van der Waals surface area contributed by atoms with Gasteiger partial charge in [-0.15, -0.1) is 0 Å². The molecule has 0 atom stereocenters. The summed E-state index contributed by atoms with van der Waals surface area (Å²) in [5.41, 5.74) is 8.80. The maximum atomic E-state index is 12.0. The quantitative estimate of drug-likeness (QED) is 0.337. The van der Waals surface area contributed by atoms with Gasteiger partial charge in [-0.05, 0) is 35.4 Å². The summed E-state index contributed by atoms with van der Waals surface area (Å²) in [6.45, 7) is 4.77. The standard InChI is InChI=1S/C18H19ClN6O2/c1-18(2,23-24-20)14-7-22-16(13-6-21-15(19)5-12(13)14)27-11-8-25(9-11)17(26)10-3-4-10/h5-7,10-11H,3-4,8-9H2,1-2H3. The molecule has 2 aromatic rings. The number of hydrogen-bond acceptors (Lipinski definition) is 5. The number of halogens is 1. The van der Waals surface area contributed by atoms with Gasteiger partial charge in [0, 0.05) is 23.2 Å². The smallest absolute Gasteiger partial charge is 0.225 e. The SMILES string of the molecule is CC(C)(N=[N+]=[N-])c1cnc(OC2CN(C(=O)C3CC3)C2)c2cnc(Cl)cc12. The topological polar surface area (TPSA) is 104 Å². The fourth-order valence-electron chi connectivity index (χ4n) is 3.27. The highest BCUT2D eigenvalue weighted by Crippen LogP contribution is 2.37. The molecule has 0 N–H and O–H groups in total. The van der Waals surface area contributed by atoms with Crippen LogP contribution in [0.5, 0.6) is 5.88 Å². The number of fused-ring (bicyclic) bond motifs is 1. The van der Waals surface area contributed by atoms with Gasteiger partial charge in [-0.25, -0.2) is 9.97 Å². The van der Waals surface area contributed by atoms with Gasteiger partial charge in [0.05, 0.1) is 24.0 Å². The molecule has 2 aromatic heterocycles. The molecule has 0 aromatic carbocycles. The second kappa shape index (κ2) is 6.55. The van der Waals surface area contributed by atoms with E-state index >= 15 is 0 Å². The van der Waals surface area contributed by atoms with Crippen LogP contribution in [0.4, 0.5) is 0 Å². The normalized spacial score (nSPS) is 17.4. The van der Waals surface area contributed by atoms with Crippen molar-refractivity contribution < 1.29 is 9.53 Å². The Morgan fingerprint density at radius 3 is 2.74 bits per heavy atom. The number of aromatic nitrogens is 2. The van der Waals surface area contributed by atoms with Crippen molar-refractivity contribution in [3.05, 3.63) is 39.6 Å². The molecule has 2 aliphatic rings. The van der Waals surface area contributed by atoms with E-state index in [4.69, 9.17) is 21.9 Å². The molecular formula is C18H19ClN6O2. The first-order valence-corrected chi connectivity index (χ1v) is 9.23. The summed E-state index contributed by atoms with van der Waals surface area (Å²) in [5.74, 6) is 0.893. The number of azide groups is 1. The zero-order valence-electron chi connectivity index (χ0n) is 15.1. The Morgan fingerprint density at radius 1 is 1.33 bits per heavy atom. The highest BCUT2D eigenvalue weighted by Gasteiger charge is 2.40. The first-order chi connectivity index (χ1) is 12.9. The van der Waals surface area contributed by atoms with Crippen LogP contribution in [0.3, 0.4) is 0 Å². The van der Waals surface area contributed by atoms with Gasteiger partial charge in [-0.2, -0.15) is 0 Å². The van der Waals surface area contributed by atoms with Crippen LogP contribution in [0.1, 0.15) is 32.3 Å². The van der Waals surface area contributed by atoms with Crippen LogP contribution >= 0.6 is 11.6 Å². The van der Waals surface area contributed by atoms with Crippen molar-refractivity contribution in [2.45, 2.75) is 38.3 Å². The lowest BCUT2D eigenvalue weighted by Gasteiger charge is -2.39. The number of likely N-dealkylation sites (tertiary alicyclic amines) is 1. The third kappa shape index (κ3) is 3.38. The molecule has 0 bridgehead atoms. The summed E-state index contributed by atoms with van der Waals surface area (Å²) in [6.07, 6.45) is 5.18. The lowest BCUT2D eigenvalue weighted by Crippen LogP contribution is -2.56. The number of carbonyl (C=O) groups excluding carboxylic acids is 1. The van der Waals surface area contributed by atoms with Crippen molar-refractivity contribution in [3.8, 4) is 5.88 Å². The third-order valence-electron chi connectivity index (χ3n) is 5.02. The third-order valence-corrected chi connectivity index (χ3v) is 5.23. The maximum absolute atomic E-state index is 12.0. The average molecular weight is 387 g/mol. The number of rotatable bonds is 5. The minimum atomic E-state index is -0.798. The number of amides is 1. The number of pyridine rings is 2. The first-order valence-electron chi connectivity index (χ1n) is 8.85. The van der Waals surface area contributed by atoms with Crippen LogP contribution in [-0.2, 0) is 10.3 Å². The highest BCUT2D eigenvalue weighted by molar-refractivity contribution is 6.30. The van der Waals surface area contributed by atoms with Crippen molar-refractivity contribution in [1.29, 1.82) is 0 Å². The zero-order chi connectivity index (χ0) is 19.2. The van der Waals surface area contributed by atoms with Crippen molar-refractivity contribution >= 4 is 28.3 Å². The molecule has 2 fully saturated rings. The predicted octanol–water partition coefficient (Wildman–Crippen LogP) is 3.83. The van der Waals surface area contributed by atoms with Gasteiger partial charge in [-0.1, -0.05) is 30.6 Å². The molecule has 140 valence electrons. The van der Waals surface area contributed by atoms with E-state index in [1.807, 2.05) is 18.7 Å². The number of nitrogens with zero attached hydrogens (tertiary/aromatic N) is 6. The first kappa shape index (κ1) is 17.8. The molecule has 1 aliphatic carbocycles. The Bertz CT molecular complexity index is 962. The molecule has 1 aliphatic heterocycles. The molecule has 27 heavy (non-hydrogen) atoms. The van der Waals surface area contributed by atoms with Crippen molar-refractivity contribution in [3.63, 3.8) is 0 Å². The van der Waals surface area contributed by atoms with Crippen LogP contribution < -0.4 is 4.74 Å². The van der Waals surface area contributed by atoms with E-state index in [0.717, 1.165) is 23.8 Å². The van der Waals surface area contributed by atoms with Gasteiger partial charge in [0.1, 0.15) is 11.3 Å². The van der Waals surface area contributed by atoms with Gasteiger partial charge in [-0.3, -0.25) is 4.79 Å². The van der Waals surface area contributed by atoms with Crippen molar-refractivity contribution in [2.75, 3.05) is 13.1 Å². The van der Waals surface area contributed by atoms with E-state index in [2.05, 4.69) is 20.0 Å². The van der Waals surface area contributed by atoms with E-state index < -0.39 is 5.54 Å². The number of carbonyl (C=O) groups is 1. The largest absolute Gasteiger partial charge is 0.470 e. The summed E-state index contributed by atoms with van der Waals surface area (Å²) in [5, 5.41) is 5.68. The molecule has 1 saturated heterocycles. The van der Waals surface area contributed by atoms with E-state index in [-0.39, 0.29) is 17.9 Å². The second-order valence-corrected chi connectivity index (χ2v) is 7.92. The summed E-state index contributed by atoms with van der Waals surface area (Å²) >= 11 is 6.08. The summed E-state index contributed by atoms with van der Waals surface area (Å²) in [6, 6.07) is 1.72. The van der Waals surface area contributed by atoms with Crippen LogP contribution in [0.15, 0.2) is 23.6 Å². The molecular weight excluding hydrogens is 368 g/mol. The molecule has 4 rings (SSSR count). The fraction of sp³-hybridized carbons (Fsp3) is 0.500. The Kier molecular flexibility index (Phi) is 4.32. The molecule has 3 heterocycles. The van der Waals surface area contributed by atoms with Gasteiger partial charge in [0.2, 0.25) is 11.8 Å². The Balaban J connectivity index is 1.61. The lowest BCUT2D eigenvalue weighted by atomic mass is 9.93. The summed E-state index contributed by atoms with van der Waals surface area (Å²) in [4.78, 5) is 25.4. The zero-order valence-corrected chi connectivity index (χ0v) is 15.8. The molecule has 8 nitrogen and oxygen atoms in total. The molecule has 0 spiro atoms. The minimum Gasteiger partial charge on any atom is -0.470 e. The van der Waals surface area contributed by atoms with Crippen molar-refractivity contribution in [2.24, 2.45) is 11.0 Å². The summed E-state index contributed by atoms with van der Waals surface area (Å²) < 4.78 is 6.02. The Labute approximate surface area is 161 Å². The lowest BCUT2D eigenvalue weighted by molar-refractivity contribution is -0.141. The van der Waals surface area contributed by atoms with Gasteiger partial charge in [0.25, 0.3) is 0 Å². The minimum absolute atomic E-state index is 0.0879. The second-order valence-electron chi connectivity index (χ2n) is 7.54. The van der Waals surface area contributed by atoms with Gasteiger partial charge < -0.3 is 9.64 Å². The van der Waals surface area contributed by atoms with E-state index in [0.29, 0.717) is 29.5 Å². The molecule has 1 saturated carbocycles. The number of hydrogen-bond donors (Lipinski definition) is 0. The molecule has 0 radical (unpaired) electrons. The Morgan fingerprint density at radius 2 is 2.07 bits per heavy atom. The van der Waals surface area contributed by atoms with Crippen molar-refractivity contribution in [1.82, 2.24) is 14.9 Å². The summed E-state index contributed by atoms with van der Waals surface area (Å²) in [7, 11) is 0. The monoisotopic (exact) mass is 386 g/mol. The predicted molar refractivity (Wildman–Crippen MR) is 100 cm³/mol. The molecule has 9 heteroatoms. The highest BCUT2D eigenvalue weighted by atomic mass is 35.5. The maximum Gasteiger partial charge on any atom is 0.225 e. The van der Waals surface area contributed by atoms with E-state index in [1.54, 1.807) is 18.5 Å². The Hall–Kier alpha value is -2.57. The van der Waals surface area contributed by atoms with Crippen LogP contribution in [0.2, 0.25) is 5.15 Å². The van der Waals surface area contributed by atoms with Crippen LogP contribution in [-0.4, -0.2) is 40.0 Å².